The monoisotopic (exact) mass is 320 g/mol. The van der Waals surface area contributed by atoms with E-state index in [4.69, 9.17) is 46.4 Å². The highest BCUT2D eigenvalue weighted by atomic mass is 35.5. The highest BCUT2D eigenvalue weighted by molar-refractivity contribution is 7.26. The van der Waals surface area contributed by atoms with Crippen LogP contribution in [0.15, 0.2) is 24.3 Å². The molecule has 0 bridgehead atoms. The Hall–Kier alpha value is -0.180. The van der Waals surface area contributed by atoms with E-state index in [0.717, 1.165) is 20.2 Å². The van der Waals surface area contributed by atoms with Crippen LogP contribution in [0, 0.1) is 0 Å². The maximum atomic E-state index is 6.26. The molecule has 1 aromatic heterocycles. The number of hydrogen-bond acceptors (Lipinski definition) is 1. The van der Waals surface area contributed by atoms with Gasteiger partial charge in [0.15, 0.2) is 0 Å². The number of fused-ring (bicyclic) bond motifs is 3. The summed E-state index contributed by atoms with van der Waals surface area (Å²) in [5, 5.41) is 3.50. The molecule has 0 atom stereocenters. The van der Waals surface area contributed by atoms with Crippen LogP contribution in [0.4, 0.5) is 0 Å². The van der Waals surface area contributed by atoms with Gasteiger partial charge >= 0.3 is 0 Å². The van der Waals surface area contributed by atoms with E-state index in [-0.39, 0.29) is 0 Å². The fourth-order valence-corrected chi connectivity index (χ4v) is 4.15. The lowest BCUT2D eigenvalue weighted by atomic mass is 10.1. The Labute approximate surface area is 122 Å². The van der Waals surface area contributed by atoms with Crippen LogP contribution in [0.25, 0.3) is 20.2 Å². The average molecular weight is 322 g/mol. The van der Waals surface area contributed by atoms with Crippen LogP contribution in [0.2, 0.25) is 20.1 Å². The predicted octanol–water partition coefficient (Wildman–Crippen LogP) is 6.67. The largest absolute Gasteiger partial charge is 0.134 e. The number of benzene rings is 2. The van der Waals surface area contributed by atoms with E-state index in [1.807, 2.05) is 24.3 Å². The molecule has 0 aliphatic rings. The van der Waals surface area contributed by atoms with Gasteiger partial charge in [-0.2, -0.15) is 0 Å². The summed E-state index contributed by atoms with van der Waals surface area (Å²) in [5.41, 5.74) is 0. The molecule has 0 radical (unpaired) electrons. The van der Waals surface area contributed by atoms with Crippen molar-refractivity contribution in [1.82, 2.24) is 0 Å². The van der Waals surface area contributed by atoms with E-state index in [9.17, 15) is 0 Å². The smallest absolute Gasteiger partial charge is 0.0808 e. The van der Waals surface area contributed by atoms with Crippen molar-refractivity contribution in [2.75, 3.05) is 0 Å². The first-order valence-corrected chi connectivity index (χ1v) is 7.07. The van der Waals surface area contributed by atoms with Gasteiger partial charge in [-0.05, 0) is 6.07 Å². The molecule has 0 nitrogen and oxygen atoms in total. The molecule has 0 aliphatic carbocycles. The molecule has 3 aromatic rings. The van der Waals surface area contributed by atoms with Crippen molar-refractivity contribution < 1.29 is 0 Å². The number of hydrogen-bond donors (Lipinski definition) is 0. The Balaban J connectivity index is 2.67. The first kappa shape index (κ1) is 11.9. The minimum absolute atomic E-state index is 0.314. The summed E-state index contributed by atoms with van der Waals surface area (Å²) in [6.07, 6.45) is 0. The molecule has 0 spiro atoms. The molecule has 86 valence electrons. The normalized spacial score (nSPS) is 11.5. The molecule has 0 unspecified atom stereocenters. The molecular formula is C12H4Cl4S. The van der Waals surface area contributed by atoms with Crippen LogP contribution >= 0.6 is 57.7 Å². The molecule has 1 heterocycles. The second-order valence-electron chi connectivity index (χ2n) is 3.56. The highest BCUT2D eigenvalue weighted by Gasteiger charge is 2.18. The van der Waals surface area contributed by atoms with Gasteiger partial charge in [-0.1, -0.05) is 64.6 Å². The van der Waals surface area contributed by atoms with Crippen LogP contribution in [0.5, 0.6) is 0 Å². The van der Waals surface area contributed by atoms with Crippen LogP contribution in [0.1, 0.15) is 0 Å². The highest BCUT2D eigenvalue weighted by Crippen LogP contribution is 2.48. The van der Waals surface area contributed by atoms with E-state index < -0.39 is 0 Å². The zero-order valence-corrected chi connectivity index (χ0v) is 12.1. The molecule has 0 amide bonds. The van der Waals surface area contributed by atoms with Gasteiger partial charge in [0.05, 0.1) is 24.8 Å². The Morgan fingerprint density at radius 1 is 0.765 bits per heavy atom. The maximum absolute atomic E-state index is 6.26. The van der Waals surface area contributed by atoms with E-state index in [2.05, 4.69) is 0 Å². The van der Waals surface area contributed by atoms with Crippen molar-refractivity contribution in [3.05, 3.63) is 44.4 Å². The van der Waals surface area contributed by atoms with E-state index in [1.165, 1.54) is 0 Å². The standard InChI is InChI=1S/C12H4Cl4S/c13-8-7-5-3-1-2-4-6(5)17-12(7)11(16)10(15)9(8)14/h1-4H. The maximum Gasteiger partial charge on any atom is 0.0808 e. The predicted molar refractivity (Wildman–Crippen MR) is 79.4 cm³/mol. The van der Waals surface area contributed by atoms with E-state index in [0.29, 0.717) is 20.1 Å². The van der Waals surface area contributed by atoms with Crippen LogP contribution < -0.4 is 0 Å². The molecular weight excluding hydrogens is 318 g/mol. The van der Waals surface area contributed by atoms with Crippen molar-refractivity contribution >= 4 is 77.9 Å². The van der Waals surface area contributed by atoms with E-state index in [1.54, 1.807) is 11.3 Å². The van der Waals surface area contributed by atoms with Gasteiger partial charge < -0.3 is 0 Å². The third-order valence-electron chi connectivity index (χ3n) is 2.59. The lowest BCUT2D eigenvalue weighted by molar-refractivity contribution is 1.82. The summed E-state index contributed by atoms with van der Waals surface area (Å²) in [6.45, 7) is 0. The molecule has 3 rings (SSSR count). The van der Waals surface area contributed by atoms with Gasteiger partial charge in [0, 0.05) is 15.5 Å². The second-order valence-corrected chi connectivity index (χ2v) is 6.12. The zero-order chi connectivity index (χ0) is 12.2. The SMILES string of the molecule is Clc1c(Cl)c(Cl)c2c(sc3ccccc32)c1Cl. The second kappa shape index (κ2) is 4.18. The number of thiophene rings is 1. The minimum atomic E-state index is 0.314. The molecule has 0 saturated heterocycles. The zero-order valence-electron chi connectivity index (χ0n) is 8.23. The average Bonchev–Trinajstić information content (AvgIpc) is 2.73. The Kier molecular flexibility index (Phi) is 2.92. The van der Waals surface area contributed by atoms with Crippen molar-refractivity contribution in [2.24, 2.45) is 0 Å². The van der Waals surface area contributed by atoms with Crippen molar-refractivity contribution in [2.45, 2.75) is 0 Å². The van der Waals surface area contributed by atoms with Crippen molar-refractivity contribution in [1.29, 1.82) is 0 Å². The van der Waals surface area contributed by atoms with Gasteiger partial charge in [0.2, 0.25) is 0 Å². The summed E-state index contributed by atoms with van der Waals surface area (Å²) >= 11 is 26.2. The van der Waals surface area contributed by atoms with Crippen LogP contribution in [-0.4, -0.2) is 0 Å². The summed E-state index contributed by atoms with van der Waals surface area (Å²) in [7, 11) is 0. The third-order valence-corrected chi connectivity index (χ3v) is 5.69. The Morgan fingerprint density at radius 3 is 2.18 bits per heavy atom. The topological polar surface area (TPSA) is 0 Å². The first-order valence-electron chi connectivity index (χ1n) is 4.74. The molecule has 0 saturated carbocycles. The van der Waals surface area contributed by atoms with Crippen molar-refractivity contribution in [3.63, 3.8) is 0 Å². The van der Waals surface area contributed by atoms with Gasteiger partial charge in [-0.25, -0.2) is 0 Å². The number of rotatable bonds is 0. The molecule has 0 aliphatic heterocycles. The molecule has 0 fully saturated rings. The van der Waals surface area contributed by atoms with Gasteiger partial charge in [-0.15, -0.1) is 11.3 Å². The van der Waals surface area contributed by atoms with Crippen LogP contribution in [-0.2, 0) is 0 Å². The van der Waals surface area contributed by atoms with E-state index >= 15 is 0 Å². The minimum Gasteiger partial charge on any atom is -0.134 e. The Bertz CT molecular complexity index is 745. The van der Waals surface area contributed by atoms with Gasteiger partial charge in [-0.3, -0.25) is 0 Å². The molecule has 2 aromatic carbocycles. The quantitative estimate of drug-likeness (QED) is 0.320. The summed E-state index contributed by atoms with van der Waals surface area (Å²) in [6, 6.07) is 7.96. The van der Waals surface area contributed by atoms with Gasteiger partial charge in [0.1, 0.15) is 0 Å². The lowest BCUT2D eigenvalue weighted by Crippen LogP contribution is -1.77. The van der Waals surface area contributed by atoms with Crippen LogP contribution in [0.3, 0.4) is 0 Å². The summed E-state index contributed by atoms with van der Waals surface area (Å²) in [4.78, 5) is 0. The van der Waals surface area contributed by atoms with Crippen molar-refractivity contribution in [3.8, 4) is 0 Å². The Morgan fingerprint density at radius 2 is 1.41 bits per heavy atom. The first-order chi connectivity index (χ1) is 8.11. The number of halogens is 4. The summed E-state index contributed by atoms with van der Waals surface area (Å²) in [5.74, 6) is 0. The molecule has 0 N–H and O–H groups in total. The third kappa shape index (κ3) is 1.65. The lowest BCUT2D eigenvalue weighted by Gasteiger charge is -2.04. The fraction of sp³-hybridized carbons (Fsp3) is 0. The summed E-state index contributed by atoms with van der Waals surface area (Å²) < 4.78 is 2.00. The van der Waals surface area contributed by atoms with Gasteiger partial charge in [0.25, 0.3) is 0 Å². The fourth-order valence-electron chi connectivity index (χ4n) is 1.82. The molecule has 5 heteroatoms. The molecule has 17 heavy (non-hydrogen) atoms.